The van der Waals surface area contributed by atoms with Crippen molar-refractivity contribution in [1.29, 1.82) is 0 Å². The molecule has 1 aromatic carbocycles. The molecule has 1 heterocycles. The number of hydrogen-bond acceptors (Lipinski definition) is 7. The first-order valence-electron chi connectivity index (χ1n) is 13.3. The predicted molar refractivity (Wildman–Crippen MR) is 145 cm³/mol. The number of aliphatic carboxylic acids is 4. The Labute approximate surface area is 230 Å². The molecule has 0 amide bonds. The summed E-state index contributed by atoms with van der Waals surface area (Å²) in [6.45, 7) is 9.28. The molecule has 2 aliphatic rings. The number of piperidine rings is 1. The van der Waals surface area contributed by atoms with Crippen LogP contribution in [0.25, 0.3) is 0 Å². The largest absolute Gasteiger partial charge is 0.494 e. The van der Waals surface area contributed by atoms with E-state index in [-0.39, 0.29) is 0 Å². The van der Waals surface area contributed by atoms with Crippen LogP contribution in [0.15, 0.2) is 24.3 Å². The second kappa shape index (κ2) is 17.4. The first-order chi connectivity index (χ1) is 18.3. The zero-order valence-corrected chi connectivity index (χ0v) is 23.4. The van der Waals surface area contributed by atoms with Gasteiger partial charge >= 0.3 is 23.9 Å². The second-order valence-electron chi connectivity index (χ2n) is 10.7. The average Bonchev–Trinajstić information content (AvgIpc) is 2.87. The van der Waals surface area contributed by atoms with E-state index in [1.54, 1.807) is 0 Å². The molecule has 0 bridgehead atoms. The number of nitrogens with zero attached hydrogens (tertiary/aromatic N) is 2. The van der Waals surface area contributed by atoms with Crippen LogP contribution in [0.2, 0.25) is 0 Å². The lowest BCUT2D eigenvalue weighted by atomic mass is 9.81. The van der Waals surface area contributed by atoms with Crippen molar-refractivity contribution in [2.45, 2.75) is 64.3 Å². The molecule has 1 saturated heterocycles. The molecule has 220 valence electrons. The van der Waals surface area contributed by atoms with E-state index >= 15 is 0 Å². The number of ether oxygens (including phenoxy) is 1. The smallest absolute Gasteiger partial charge is 0.414 e. The molecule has 1 aromatic rings. The zero-order valence-electron chi connectivity index (χ0n) is 23.4. The number of likely N-dealkylation sites (tertiary alicyclic amines) is 1. The second-order valence-corrected chi connectivity index (χ2v) is 10.7. The summed E-state index contributed by atoms with van der Waals surface area (Å²) in [6.07, 6.45) is 7.78. The minimum atomic E-state index is -1.82. The molecule has 0 radical (unpaired) electrons. The lowest BCUT2D eigenvalue weighted by molar-refractivity contribution is -0.159. The Hall–Kier alpha value is -3.18. The van der Waals surface area contributed by atoms with Gasteiger partial charge < -0.3 is 35.0 Å². The summed E-state index contributed by atoms with van der Waals surface area (Å²) in [6, 6.07) is 9.72. The highest BCUT2D eigenvalue weighted by Crippen LogP contribution is 2.34. The molecule has 0 aromatic heterocycles. The van der Waals surface area contributed by atoms with Crippen LogP contribution >= 0.6 is 0 Å². The number of hydrogen-bond donors (Lipinski definition) is 4. The Morgan fingerprint density at radius 3 is 1.69 bits per heavy atom. The molecule has 2 atom stereocenters. The van der Waals surface area contributed by atoms with Gasteiger partial charge in [0.15, 0.2) is 0 Å². The first-order valence-corrected chi connectivity index (χ1v) is 13.3. The lowest BCUT2D eigenvalue weighted by Gasteiger charge is -2.34. The molecule has 3 rings (SSSR count). The van der Waals surface area contributed by atoms with Crippen molar-refractivity contribution in [3.63, 3.8) is 0 Å². The van der Waals surface area contributed by atoms with Gasteiger partial charge in [0.1, 0.15) is 5.75 Å². The monoisotopic (exact) mass is 552 g/mol. The zero-order chi connectivity index (χ0) is 29.5. The Kier molecular flexibility index (Phi) is 15.1. The summed E-state index contributed by atoms with van der Waals surface area (Å²) in [7, 11) is 4.42. The molecular weight excluding hydrogens is 508 g/mol. The maximum atomic E-state index is 9.10. The van der Waals surface area contributed by atoms with E-state index in [4.69, 9.17) is 44.3 Å². The van der Waals surface area contributed by atoms with E-state index in [0.717, 1.165) is 42.6 Å². The molecule has 4 N–H and O–H groups in total. The van der Waals surface area contributed by atoms with Crippen LogP contribution in [0.1, 0.15) is 63.9 Å². The Morgan fingerprint density at radius 2 is 1.28 bits per heavy atom. The van der Waals surface area contributed by atoms with Crippen LogP contribution in [0.4, 0.5) is 0 Å². The number of rotatable bonds is 7. The summed E-state index contributed by atoms with van der Waals surface area (Å²) in [5, 5.41) is 29.6. The first kappa shape index (κ1) is 33.8. The van der Waals surface area contributed by atoms with Crippen molar-refractivity contribution in [3.05, 3.63) is 29.8 Å². The molecule has 1 aliphatic carbocycles. The van der Waals surface area contributed by atoms with E-state index in [1.807, 2.05) is 0 Å². The van der Waals surface area contributed by atoms with Gasteiger partial charge in [0.2, 0.25) is 0 Å². The fourth-order valence-corrected chi connectivity index (χ4v) is 5.21. The maximum absolute atomic E-state index is 9.10. The highest BCUT2D eigenvalue weighted by molar-refractivity contribution is 6.27. The summed E-state index contributed by atoms with van der Waals surface area (Å²) < 4.78 is 6.01. The Morgan fingerprint density at radius 1 is 0.821 bits per heavy atom. The standard InChI is InChI=1S/C24H40N2O.2C2H2O4/c1-19-16-20(2)18-26(17-19)14-5-15-27-24-12-8-22(9-13-24)21-6-10-23(11-7-21)25(3)4;2*3-1(4)2(5)6/h8-9,12-13,19-21,23H,5-7,10-11,14-18H2,1-4H3;2*(H,3,4)(H,5,6)/t19-,20-,21?,23?;;/m1../s1. The van der Waals surface area contributed by atoms with Crippen LogP contribution in [0.5, 0.6) is 5.75 Å². The lowest BCUT2D eigenvalue weighted by Crippen LogP contribution is -2.39. The minimum Gasteiger partial charge on any atom is -0.494 e. The van der Waals surface area contributed by atoms with Crippen molar-refractivity contribution < 1.29 is 44.3 Å². The predicted octanol–water partition coefficient (Wildman–Crippen LogP) is 3.33. The van der Waals surface area contributed by atoms with Gasteiger partial charge in [-0.1, -0.05) is 26.0 Å². The summed E-state index contributed by atoms with van der Waals surface area (Å²) in [5.74, 6) is -3.85. The molecule has 1 aliphatic heterocycles. The SMILES string of the molecule is C[C@@H]1C[C@@H](C)CN(CCCOc2ccc(C3CCC(N(C)C)CC3)cc2)C1.O=C(O)C(=O)O.O=C(O)C(=O)O. The van der Waals surface area contributed by atoms with Crippen LogP contribution < -0.4 is 4.74 Å². The molecule has 11 heteroatoms. The number of carboxylic acids is 4. The molecule has 1 saturated carbocycles. The van der Waals surface area contributed by atoms with Crippen molar-refractivity contribution >= 4 is 23.9 Å². The fourth-order valence-electron chi connectivity index (χ4n) is 5.21. The summed E-state index contributed by atoms with van der Waals surface area (Å²) in [5.41, 5.74) is 1.50. The van der Waals surface area contributed by atoms with Gasteiger partial charge in [-0.05, 0) is 88.1 Å². The van der Waals surface area contributed by atoms with E-state index in [0.29, 0.717) is 0 Å². The maximum Gasteiger partial charge on any atom is 0.414 e. The minimum absolute atomic E-state index is 0.735. The third kappa shape index (κ3) is 14.0. The van der Waals surface area contributed by atoms with Gasteiger partial charge in [-0.2, -0.15) is 0 Å². The highest BCUT2D eigenvalue weighted by Gasteiger charge is 2.23. The highest BCUT2D eigenvalue weighted by atomic mass is 16.5. The van der Waals surface area contributed by atoms with Crippen molar-refractivity contribution in [3.8, 4) is 5.75 Å². The Balaban J connectivity index is 0.000000530. The topological polar surface area (TPSA) is 165 Å². The normalized spacial score (nSPS) is 22.9. The van der Waals surface area contributed by atoms with Gasteiger partial charge in [-0.25, -0.2) is 19.2 Å². The van der Waals surface area contributed by atoms with Gasteiger partial charge in [0.05, 0.1) is 6.61 Å². The van der Waals surface area contributed by atoms with Crippen molar-refractivity contribution in [2.75, 3.05) is 40.3 Å². The molecular formula is C28H44N2O9. The van der Waals surface area contributed by atoms with Gasteiger partial charge in [0.25, 0.3) is 0 Å². The van der Waals surface area contributed by atoms with E-state index in [2.05, 4.69) is 62.0 Å². The van der Waals surface area contributed by atoms with Crippen LogP contribution in [-0.2, 0) is 19.2 Å². The van der Waals surface area contributed by atoms with Gasteiger partial charge in [0, 0.05) is 25.7 Å². The van der Waals surface area contributed by atoms with E-state index < -0.39 is 23.9 Å². The van der Waals surface area contributed by atoms with Crippen LogP contribution in [0, 0.1) is 11.8 Å². The molecule has 11 nitrogen and oxygen atoms in total. The van der Waals surface area contributed by atoms with E-state index in [9.17, 15) is 0 Å². The third-order valence-corrected chi connectivity index (χ3v) is 6.98. The number of carboxylic acid groups (broad SMARTS) is 4. The molecule has 39 heavy (non-hydrogen) atoms. The Bertz CT molecular complexity index is 854. The van der Waals surface area contributed by atoms with Crippen LogP contribution in [-0.4, -0.2) is 100 Å². The van der Waals surface area contributed by atoms with Crippen LogP contribution in [0.3, 0.4) is 0 Å². The summed E-state index contributed by atoms with van der Waals surface area (Å²) in [4.78, 5) is 41.4. The van der Waals surface area contributed by atoms with Crippen molar-refractivity contribution in [1.82, 2.24) is 9.80 Å². The average molecular weight is 553 g/mol. The van der Waals surface area contributed by atoms with Gasteiger partial charge in [-0.3, -0.25) is 0 Å². The van der Waals surface area contributed by atoms with E-state index in [1.165, 1.54) is 57.3 Å². The van der Waals surface area contributed by atoms with Crippen molar-refractivity contribution in [2.24, 2.45) is 11.8 Å². The molecule has 0 unspecified atom stereocenters. The number of carbonyl (C=O) groups is 4. The third-order valence-electron chi connectivity index (χ3n) is 6.98. The quantitative estimate of drug-likeness (QED) is 0.290. The molecule has 2 fully saturated rings. The number of benzene rings is 1. The van der Waals surface area contributed by atoms with Gasteiger partial charge in [-0.15, -0.1) is 0 Å². The molecule has 0 spiro atoms. The summed E-state index contributed by atoms with van der Waals surface area (Å²) >= 11 is 0. The fraction of sp³-hybridized carbons (Fsp3) is 0.643.